The molecule has 154 valence electrons. The van der Waals surface area contributed by atoms with Gasteiger partial charge in [0.1, 0.15) is 5.75 Å². The zero-order chi connectivity index (χ0) is 21.0. The minimum Gasteiger partial charge on any atom is -0.495 e. The monoisotopic (exact) mass is 414 g/mol. The Labute approximate surface area is 174 Å². The Balaban J connectivity index is 1.65. The maximum atomic E-state index is 12.4. The summed E-state index contributed by atoms with van der Waals surface area (Å²) in [5.74, 6) is 0.405. The van der Waals surface area contributed by atoms with Crippen molar-refractivity contribution in [2.45, 2.75) is 46.0 Å². The molecule has 0 atom stereocenters. The van der Waals surface area contributed by atoms with Crippen molar-refractivity contribution in [1.82, 2.24) is 0 Å². The number of ether oxygens (including phenoxy) is 1. The Morgan fingerprint density at radius 3 is 2.62 bits per heavy atom. The summed E-state index contributed by atoms with van der Waals surface area (Å²) in [4.78, 5) is 40.8. The molecule has 1 aromatic carbocycles. The smallest absolute Gasteiger partial charge is 0.227 e. The Morgan fingerprint density at radius 2 is 1.97 bits per heavy atom. The third kappa shape index (κ3) is 5.03. The van der Waals surface area contributed by atoms with Gasteiger partial charge in [-0.1, -0.05) is 0 Å². The van der Waals surface area contributed by atoms with Gasteiger partial charge in [-0.2, -0.15) is 0 Å². The van der Waals surface area contributed by atoms with Crippen molar-refractivity contribution < 1.29 is 19.1 Å². The van der Waals surface area contributed by atoms with Crippen LogP contribution in [0.4, 0.5) is 11.4 Å². The predicted octanol–water partition coefficient (Wildman–Crippen LogP) is 4.49. The summed E-state index contributed by atoms with van der Waals surface area (Å²) in [7, 11) is 1.56. The molecule has 6 nitrogen and oxygen atoms in total. The summed E-state index contributed by atoms with van der Waals surface area (Å²) >= 11 is 1.59. The van der Waals surface area contributed by atoms with Crippen molar-refractivity contribution in [3.8, 4) is 5.75 Å². The molecule has 0 bridgehead atoms. The van der Waals surface area contributed by atoms with Crippen LogP contribution in [-0.4, -0.2) is 31.3 Å². The maximum absolute atomic E-state index is 12.4. The van der Waals surface area contributed by atoms with Crippen molar-refractivity contribution in [3.05, 3.63) is 39.6 Å². The van der Waals surface area contributed by atoms with E-state index in [-0.39, 0.29) is 30.4 Å². The number of hydrogen-bond donors (Lipinski definition) is 1. The number of rotatable bonds is 7. The highest BCUT2D eigenvalue weighted by atomic mass is 32.1. The number of hydrogen-bond acceptors (Lipinski definition) is 5. The zero-order valence-electron chi connectivity index (χ0n) is 17.0. The van der Waals surface area contributed by atoms with Gasteiger partial charge >= 0.3 is 0 Å². The lowest BCUT2D eigenvalue weighted by atomic mass is 10.1. The van der Waals surface area contributed by atoms with E-state index in [0.717, 1.165) is 22.6 Å². The van der Waals surface area contributed by atoms with Crippen LogP contribution in [0.15, 0.2) is 24.3 Å². The minimum atomic E-state index is -0.232. The summed E-state index contributed by atoms with van der Waals surface area (Å²) in [5.41, 5.74) is 1.95. The van der Waals surface area contributed by atoms with Gasteiger partial charge in [-0.05, 0) is 51.0 Å². The number of ketones is 1. The number of nitrogens with zero attached hydrogens (tertiary/aromatic N) is 1. The highest BCUT2D eigenvalue weighted by Crippen LogP contribution is 2.33. The number of thiophene rings is 1. The van der Waals surface area contributed by atoms with Crippen LogP contribution in [0, 0.1) is 13.8 Å². The number of nitrogens with one attached hydrogen (secondary N) is 1. The second kappa shape index (κ2) is 9.22. The van der Waals surface area contributed by atoms with Gasteiger partial charge < -0.3 is 15.0 Å². The third-order valence-electron chi connectivity index (χ3n) is 5.00. The molecule has 0 aliphatic carbocycles. The van der Waals surface area contributed by atoms with Crippen LogP contribution in [0.5, 0.6) is 5.75 Å². The van der Waals surface area contributed by atoms with Crippen LogP contribution in [0.25, 0.3) is 0 Å². The molecule has 1 aliphatic rings. The predicted molar refractivity (Wildman–Crippen MR) is 115 cm³/mol. The summed E-state index contributed by atoms with van der Waals surface area (Å²) in [6, 6.07) is 7.12. The highest BCUT2D eigenvalue weighted by Gasteiger charge is 2.23. The van der Waals surface area contributed by atoms with Crippen molar-refractivity contribution in [2.75, 3.05) is 23.9 Å². The van der Waals surface area contributed by atoms with Gasteiger partial charge in [-0.25, -0.2) is 0 Å². The number of benzene rings is 1. The van der Waals surface area contributed by atoms with E-state index in [2.05, 4.69) is 5.32 Å². The zero-order valence-corrected chi connectivity index (χ0v) is 17.9. The molecule has 7 heteroatoms. The van der Waals surface area contributed by atoms with Crippen LogP contribution in [0.2, 0.25) is 0 Å². The van der Waals surface area contributed by atoms with Crippen LogP contribution < -0.4 is 15.0 Å². The molecule has 0 radical (unpaired) electrons. The van der Waals surface area contributed by atoms with E-state index >= 15 is 0 Å². The third-order valence-corrected chi connectivity index (χ3v) is 5.96. The summed E-state index contributed by atoms with van der Waals surface area (Å²) in [5, 5.41) is 2.83. The normalized spacial score (nSPS) is 14.0. The molecular weight excluding hydrogens is 388 g/mol. The number of methoxy groups -OCH3 is 1. The van der Waals surface area contributed by atoms with Crippen molar-refractivity contribution in [1.29, 1.82) is 0 Å². The Hall–Kier alpha value is -2.67. The van der Waals surface area contributed by atoms with E-state index in [1.165, 1.54) is 0 Å². The van der Waals surface area contributed by atoms with Crippen molar-refractivity contribution in [3.63, 3.8) is 0 Å². The molecule has 1 fully saturated rings. The highest BCUT2D eigenvalue weighted by molar-refractivity contribution is 7.12. The lowest BCUT2D eigenvalue weighted by Gasteiger charge is -2.28. The molecule has 1 aromatic heterocycles. The van der Waals surface area contributed by atoms with Gasteiger partial charge in [0.15, 0.2) is 5.78 Å². The number of carbonyl (C=O) groups is 3. The molecule has 2 aromatic rings. The summed E-state index contributed by atoms with van der Waals surface area (Å²) in [6.45, 7) is 4.53. The number of piperidine rings is 1. The second-order valence-corrected chi connectivity index (χ2v) is 8.65. The van der Waals surface area contributed by atoms with Crippen molar-refractivity contribution in [2.24, 2.45) is 0 Å². The lowest BCUT2D eigenvalue weighted by Crippen LogP contribution is -2.35. The minimum absolute atomic E-state index is 0.0173. The first-order chi connectivity index (χ1) is 13.9. The molecule has 1 saturated heterocycles. The molecular formula is C22H26N2O4S. The summed E-state index contributed by atoms with van der Waals surface area (Å²) < 4.78 is 5.40. The van der Waals surface area contributed by atoms with E-state index in [1.807, 2.05) is 19.9 Å². The topological polar surface area (TPSA) is 75.7 Å². The fraction of sp³-hybridized carbons (Fsp3) is 0.409. The van der Waals surface area contributed by atoms with Gasteiger partial charge in [0, 0.05) is 46.8 Å². The quantitative estimate of drug-likeness (QED) is 0.677. The van der Waals surface area contributed by atoms with Crippen LogP contribution >= 0.6 is 11.3 Å². The van der Waals surface area contributed by atoms with Crippen LogP contribution in [0.3, 0.4) is 0 Å². The van der Waals surface area contributed by atoms with Gasteiger partial charge in [0.25, 0.3) is 0 Å². The van der Waals surface area contributed by atoms with E-state index in [9.17, 15) is 14.4 Å². The van der Waals surface area contributed by atoms with Gasteiger partial charge in [-0.15, -0.1) is 11.3 Å². The molecule has 29 heavy (non-hydrogen) atoms. The number of amides is 2. The van der Waals surface area contributed by atoms with E-state index in [4.69, 9.17) is 4.74 Å². The first-order valence-electron chi connectivity index (χ1n) is 9.77. The van der Waals surface area contributed by atoms with Crippen molar-refractivity contribution >= 4 is 40.3 Å². The first kappa shape index (κ1) is 21.0. The average molecular weight is 415 g/mol. The van der Waals surface area contributed by atoms with Crippen LogP contribution in [0.1, 0.15) is 52.2 Å². The number of anilines is 2. The molecule has 3 rings (SSSR count). The number of Topliss-reactive ketones (excluding diaryl/α,β-unsaturated/α-hetero) is 1. The Kier molecular flexibility index (Phi) is 6.69. The average Bonchev–Trinajstić information content (AvgIpc) is 3.04. The standard InChI is InChI=1S/C22H26N2O4S/c1-14-12-17(15(2)29-14)19(25)8-10-21(26)23-16-7-9-20(28-3)18(13-16)24-11-5-4-6-22(24)27/h7,9,12-13H,4-6,8,10-11H2,1-3H3,(H,23,26). The fourth-order valence-corrected chi connectivity index (χ4v) is 4.47. The largest absolute Gasteiger partial charge is 0.495 e. The molecule has 1 N–H and O–H groups in total. The Bertz CT molecular complexity index is 935. The van der Waals surface area contributed by atoms with E-state index in [0.29, 0.717) is 35.7 Å². The first-order valence-corrected chi connectivity index (χ1v) is 10.6. The Morgan fingerprint density at radius 1 is 1.17 bits per heavy atom. The molecule has 1 aliphatic heterocycles. The van der Waals surface area contributed by atoms with Gasteiger partial charge in [0.2, 0.25) is 11.8 Å². The molecule has 2 amide bonds. The van der Waals surface area contributed by atoms with E-state index < -0.39 is 0 Å². The van der Waals surface area contributed by atoms with Gasteiger partial charge in [0.05, 0.1) is 12.8 Å². The molecule has 0 saturated carbocycles. The lowest BCUT2D eigenvalue weighted by molar-refractivity contribution is -0.119. The summed E-state index contributed by atoms with van der Waals surface area (Å²) in [6.07, 6.45) is 2.62. The fourth-order valence-electron chi connectivity index (χ4n) is 3.53. The number of carbonyl (C=O) groups excluding carboxylic acids is 3. The van der Waals surface area contributed by atoms with Gasteiger partial charge in [-0.3, -0.25) is 14.4 Å². The second-order valence-electron chi connectivity index (χ2n) is 7.19. The van der Waals surface area contributed by atoms with Crippen LogP contribution in [-0.2, 0) is 9.59 Å². The SMILES string of the molecule is COc1ccc(NC(=O)CCC(=O)c2cc(C)sc2C)cc1N1CCCCC1=O. The molecule has 0 spiro atoms. The van der Waals surface area contributed by atoms with E-state index in [1.54, 1.807) is 41.5 Å². The molecule has 2 heterocycles. The number of aryl methyl sites for hydroxylation is 2. The maximum Gasteiger partial charge on any atom is 0.227 e. The molecule has 0 unspecified atom stereocenters.